The Morgan fingerprint density at radius 1 is 0.600 bits per heavy atom. The summed E-state index contributed by atoms with van der Waals surface area (Å²) in [7, 11) is 0. The summed E-state index contributed by atoms with van der Waals surface area (Å²) in [6.45, 7) is 4.97. The summed E-state index contributed by atoms with van der Waals surface area (Å²) in [5, 5.41) is 3.18. The fourth-order valence-electron chi connectivity index (χ4n) is 7.79. The molecule has 0 amide bonds. The minimum atomic E-state index is -0.195. The summed E-state index contributed by atoms with van der Waals surface area (Å²) < 4.78 is 15.4. The Bertz CT molecular complexity index is 2570. The third kappa shape index (κ3) is 7.31. The van der Waals surface area contributed by atoms with Gasteiger partial charge in [0.05, 0.1) is 24.2 Å². The Balaban J connectivity index is 1.01. The highest BCUT2D eigenvalue weighted by Gasteiger charge is 2.26. The van der Waals surface area contributed by atoms with Crippen molar-refractivity contribution in [1.29, 1.82) is 0 Å². The van der Waals surface area contributed by atoms with E-state index in [0.29, 0.717) is 59.6 Å². The quantitative estimate of drug-likeness (QED) is 0.0424. The molecule has 0 aliphatic heterocycles. The van der Waals surface area contributed by atoms with Crippen LogP contribution in [0.3, 0.4) is 0 Å². The van der Waals surface area contributed by atoms with Gasteiger partial charge in [-0.05, 0) is 37.1 Å². The molecular weight excluding hydrogens is 753 g/mol. The number of ether oxygens (including phenoxy) is 2. The number of hydrogen-bond acceptors (Lipinski definition) is 11. The van der Waals surface area contributed by atoms with Crippen molar-refractivity contribution in [2.45, 2.75) is 117 Å². The van der Waals surface area contributed by atoms with Crippen LogP contribution in [0.4, 0.5) is 0 Å². The Labute approximate surface area is 329 Å². The molecule has 0 fully saturated rings. The zero-order chi connectivity index (χ0) is 38.1. The largest absolute Gasteiger partial charge is 0.465 e. The predicted octanol–water partition coefficient (Wildman–Crippen LogP) is 10.2. The zero-order valence-corrected chi connectivity index (χ0v) is 33.9. The molecule has 10 nitrogen and oxygen atoms in total. The monoisotopic (exact) mass is 798 g/mol. The smallest absolute Gasteiger partial charge is 0.305 e. The lowest BCUT2D eigenvalue weighted by atomic mass is 10.0. The second-order valence-electron chi connectivity index (χ2n) is 14.6. The Hall–Kier alpha value is -4.20. The van der Waals surface area contributed by atoms with Gasteiger partial charge in [-0.3, -0.25) is 28.0 Å². The zero-order valence-electron chi connectivity index (χ0n) is 31.5. The van der Waals surface area contributed by atoms with Crippen molar-refractivity contribution in [3.63, 3.8) is 0 Å². The number of thiophene rings is 3. The molecule has 0 unspecified atom stereocenters. The van der Waals surface area contributed by atoms with Crippen molar-refractivity contribution >= 4 is 109 Å². The van der Waals surface area contributed by atoms with Gasteiger partial charge < -0.3 is 9.47 Å². The number of fused-ring (bicyclic) bond motifs is 8. The lowest BCUT2D eigenvalue weighted by Gasteiger charge is -2.05. The predicted molar refractivity (Wildman–Crippen MR) is 225 cm³/mol. The SMILES string of the molecule is CCCCCCCCC(=O)OCCc1cc2c(nc3c4ccc5c6c(sc(c(=O)n23)c46)c(=O)n2c3cc(CCOC(=O)CCCCCCCC)sc3nc52)s1. The lowest BCUT2D eigenvalue weighted by molar-refractivity contribution is -0.144. The van der Waals surface area contributed by atoms with Crippen molar-refractivity contribution in [2.75, 3.05) is 13.2 Å². The van der Waals surface area contributed by atoms with E-state index >= 15 is 0 Å². The fraction of sp³-hybridized carbons (Fsp3) is 0.476. The number of pyridine rings is 2. The first-order valence-electron chi connectivity index (χ1n) is 19.9. The number of carbonyl (C=O) groups excluding carboxylic acids is 2. The van der Waals surface area contributed by atoms with Gasteiger partial charge in [-0.1, -0.05) is 78.1 Å². The summed E-state index contributed by atoms with van der Waals surface area (Å²) in [5.74, 6) is -0.324. The summed E-state index contributed by atoms with van der Waals surface area (Å²) in [6, 6.07) is 7.93. The van der Waals surface area contributed by atoms with Crippen LogP contribution in [-0.2, 0) is 31.9 Å². The molecule has 0 radical (unpaired) electrons. The van der Waals surface area contributed by atoms with Crippen LogP contribution in [0.5, 0.6) is 0 Å². The first kappa shape index (κ1) is 37.7. The normalized spacial score (nSPS) is 12.3. The highest BCUT2D eigenvalue weighted by Crippen LogP contribution is 2.42. The molecule has 8 rings (SSSR count). The molecule has 0 saturated heterocycles. The van der Waals surface area contributed by atoms with Crippen molar-refractivity contribution in [3.05, 3.63) is 54.7 Å². The maximum absolute atomic E-state index is 14.2. The first-order chi connectivity index (χ1) is 26.9. The van der Waals surface area contributed by atoms with Crippen LogP contribution in [0.15, 0.2) is 33.9 Å². The summed E-state index contributed by atoms with van der Waals surface area (Å²) in [6.07, 6.45) is 15.5. The summed E-state index contributed by atoms with van der Waals surface area (Å²) in [5.41, 5.74) is 2.22. The summed E-state index contributed by atoms with van der Waals surface area (Å²) in [4.78, 5) is 66.4. The fourth-order valence-corrected chi connectivity index (χ4v) is 11.0. The molecule has 0 saturated carbocycles. The molecule has 13 heteroatoms. The number of aromatic nitrogens is 4. The number of nitrogens with zero attached hydrogens (tertiary/aromatic N) is 4. The van der Waals surface area contributed by atoms with E-state index in [1.54, 1.807) is 8.80 Å². The molecule has 0 spiro atoms. The van der Waals surface area contributed by atoms with Gasteiger partial charge in [-0.15, -0.1) is 34.0 Å². The van der Waals surface area contributed by atoms with Crippen molar-refractivity contribution in [1.82, 2.24) is 18.8 Å². The van der Waals surface area contributed by atoms with Crippen molar-refractivity contribution in [2.24, 2.45) is 0 Å². The molecule has 55 heavy (non-hydrogen) atoms. The Morgan fingerprint density at radius 3 is 1.45 bits per heavy atom. The third-order valence-corrected chi connectivity index (χ3v) is 14.0. The van der Waals surface area contributed by atoms with Crippen LogP contribution in [0.1, 0.15) is 113 Å². The number of esters is 2. The van der Waals surface area contributed by atoms with E-state index in [4.69, 9.17) is 19.4 Å². The van der Waals surface area contributed by atoms with Gasteiger partial charge in [0.2, 0.25) is 0 Å². The Morgan fingerprint density at radius 2 is 1.02 bits per heavy atom. The van der Waals surface area contributed by atoms with Gasteiger partial charge >= 0.3 is 11.9 Å². The number of benzene rings is 1. The van der Waals surface area contributed by atoms with Crippen LogP contribution >= 0.6 is 34.0 Å². The average molecular weight is 799 g/mol. The van der Waals surface area contributed by atoms with Gasteiger partial charge in [0.25, 0.3) is 11.1 Å². The van der Waals surface area contributed by atoms with Gasteiger partial charge in [0.15, 0.2) is 0 Å². The first-order valence-corrected chi connectivity index (χ1v) is 22.4. The van der Waals surface area contributed by atoms with Crippen LogP contribution < -0.4 is 11.1 Å². The van der Waals surface area contributed by atoms with Gasteiger partial charge in [-0.25, -0.2) is 9.97 Å². The van der Waals surface area contributed by atoms with Gasteiger partial charge in [0, 0.05) is 57.0 Å². The second kappa shape index (κ2) is 16.5. The van der Waals surface area contributed by atoms with E-state index in [0.717, 1.165) is 90.5 Å². The standard InChI is InChI=1S/C42H46N4O6S3/c1-3-5-7-9-11-13-15-31(47)51-21-19-25-23-29-39(53-25)43-37-27-17-18-28-34-33(27)35(41(49)45(29)37)55-36(34)42(50)46-30-24-26(54-40(30)44-38(28)46)20-22-52-32(48)16-14-12-10-8-6-4-2/h17-18,23-24H,3-16,19-22H2,1-2H3. The van der Waals surface area contributed by atoms with E-state index in [1.807, 2.05) is 24.3 Å². The van der Waals surface area contributed by atoms with E-state index in [1.165, 1.54) is 72.5 Å². The molecule has 7 heterocycles. The topological polar surface area (TPSA) is 121 Å². The van der Waals surface area contributed by atoms with E-state index in [2.05, 4.69) is 13.8 Å². The number of unbranched alkanes of at least 4 members (excludes halogenated alkanes) is 10. The molecule has 8 aromatic rings. The highest BCUT2D eigenvalue weighted by molar-refractivity contribution is 7.26. The van der Waals surface area contributed by atoms with E-state index in [9.17, 15) is 19.2 Å². The number of hydrogen-bond donors (Lipinski definition) is 0. The van der Waals surface area contributed by atoms with Crippen molar-refractivity contribution < 1.29 is 19.1 Å². The van der Waals surface area contributed by atoms with Gasteiger partial charge in [0.1, 0.15) is 30.4 Å². The molecule has 1 aromatic carbocycles. The number of rotatable bonds is 20. The molecule has 0 atom stereocenters. The maximum atomic E-state index is 14.2. The maximum Gasteiger partial charge on any atom is 0.305 e. The van der Waals surface area contributed by atoms with Gasteiger partial charge in [-0.2, -0.15) is 0 Å². The second-order valence-corrected chi connectivity index (χ2v) is 17.9. The molecule has 0 N–H and O–H groups in total. The van der Waals surface area contributed by atoms with Crippen LogP contribution in [0, 0.1) is 0 Å². The van der Waals surface area contributed by atoms with E-state index in [-0.39, 0.29) is 23.1 Å². The molecule has 0 aliphatic carbocycles. The minimum absolute atomic E-state index is 0.162. The molecule has 288 valence electrons. The minimum Gasteiger partial charge on any atom is -0.465 e. The molecule has 7 aromatic heterocycles. The Kier molecular flexibility index (Phi) is 11.3. The molecule has 0 bridgehead atoms. The van der Waals surface area contributed by atoms with Crippen LogP contribution in [0.2, 0.25) is 0 Å². The highest BCUT2D eigenvalue weighted by atomic mass is 32.1. The van der Waals surface area contributed by atoms with Crippen LogP contribution in [-0.4, -0.2) is 43.9 Å². The average Bonchev–Trinajstić information content (AvgIpc) is 3.99. The van der Waals surface area contributed by atoms with E-state index < -0.39 is 0 Å². The van der Waals surface area contributed by atoms with Crippen LogP contribution in [0.25, 0.3) is 62.9 Å². The van der Waals surface area contributed by atoms with Crippen molar-refractivity contribution in [3.8, 4) is 0 Å². The lowest BCUT2D eigenvalue weighted by Crippen LogP contribution is -2.12. The molecular formula is C42H46N4O6S3. The summed E-state index contributed by atoms with van der Waals surface area (Å²) >= 11 is 4.26. The third-order valence-electron chi connectivity index (χ3n) is 10.6. The number of carbonyl (C=O) groups is 2. The number of imidazole rings is 2. The molecule has 0 aliphatic rings.